The summed E-state index contributed by atoms with van der Waals surface area (Å²) in [6.45, 7) is 3.08. The number of benzene rings is 2. The highest BCUT2D eigenvalue weighted by molar-refractivity contribution is 7.17. The van der Waals surface area contributed by atoms with Crippen LogP contribution in [0.15, 0.2) is 53.9 Å². The van der Waals surface area contributed by atoms with E-state index in [1.54, 1.807) is 11.3 Å². The highest BCUT2D eigenvalue weighted by Crippen LogP contribution is 2.36. The molecule has 0 spiro atoms. The van der Waals surface area contributed by atoms with Crippen LogP contribution >= 0.6 is 11.3 Å². The van der Waals surface area contributed by atoms with E-state index in [-0.39, 0.29) is 6.10 Å². The van der Waals surface area contributed by atoms with Gasteiger partial charge in [-0.3, -0.25) is 0 Å². The topological polar surface area (TPSA) is 21.3 Å². The predicted octanol–water partition coefficient (Wildman–Crippen LogP) is 4.94. The molecule has 2 aromatic carbocycles. The Balaban J connectivity index is 1.92. The van der Waals surface area contributed by atoms with E-state index in [1.807, 2.05) is 13.1 Å². The van der Waals surface area contributed by atoms with Crippen molar-refractivity contribution in [2.75, 3.05) is 13.6 Å². The molecule has 0 fully saturated rings. The minimum Gasteiger partial charge on any atom is -0.484 e. The molecule has 114 valence electrons. The van der Waals surface area contributed by atoms with Gasteiger partial charge >= 0.3 is 0 Å². The van der Waals surface area contributed by atoms with Crippen LogP contribution in [0.4, 0.5) is 0 Å². The molecule has 1 aromatic heterocycles. The van der Waals surface area contributed by atoms with E-state index in [0.717, 1.165) is 18.7 Å². The van der Waals surface area contributed by atoms with Gasteiger partial charge in [-0.2, -0.15) is 0 Å². The monoisotopic (exact) mass is 311 g/mol. The van der Waals surface area contributed by atoms with E-state index in [1.165, 1.54) is 21.2 Å². The number of rotatable bonds is 6. The minimum absolute atomic E-state index is 0.0710. The molecule has 0 unspecified atom stereocenters. The predicted molar refractivity (Wildman–Crippen MR) is 94.9 cm³/mol. The van der Waals surface area contributed by atoms with Crippen molar-refractivity contribution in [1.29, 1.82) is 0 Å². The quantitative estimate of drug-likeness (QED) is 0.696. The second-order valence-corrected chi connectivity index (χ2v) is 6.37. The molecular formula is C19H21NOS. The fourth-order valence-electron chi connectivity index (χ4n) is 2.66. The summed E-state index contributed by atoms with van der Waals surface area (Å²) in [6, 6.07) is 16.9. The van der Waals surface area contributed by atoms with Crippen molar-refractivity contribution in [3.05, 3.63) is 65.0 Å². The Morgan fingerprint density at radius 3 is 2.68 bits per heavy atom. The molecule has 3 aromatic rings. The largest absolute Gasteiger partial charge is 0.484 e. The molecule has 1 heterocycles. The molecule has 0 aliphatic rings. The second kappa shape index (κ2) is 6.95. The molecule has 0 saturated carbocycles. The maximum absolute atomic E-state index is 6.40. The van der Waals surface area contributed by atoms with E-state index in [4.69, 9.17) is 4.74 Å². The first kappa shape index (κ1) is 15.1. The molecule has 0 amide bonds. The number of hydrogen-bond donors (Lipinski definition) is 1. The summed E-state index contributed by atoms with van der Waals surface area (Å²) in [4.78, 5) is 0. The third kappa shape index (κ3) is 3.16. The van der Waals surface area contributed by atoms with Crippen LogP contribution in [-0.4, -0.2) is 13.6 Å². The molecule has 2 nitrogen and oxygen atoms in total. The van der Waals surface area contributed by atoms with Crippen molar-refractivity contribution >= 4 is 21.4 Å². The Morgan fingerprint density at radius 1 is 1.09 bits per heavy atom. The Labute approximate surface area is 135 Å². The maximum Gasteiger partial charge on any atom is 0.138 e. The first-order valence-electron chi connectivity index (χ1n) is 7.62. The number of fused-ring (bicyclic) bond motifs is 1. The van der Waals surface area contributed by atoms with Crippen LogP contribution in [0.2, 0.25) is 0 Å². The fraction of sp³-hybridized carbons (Fsp3) is 0.263. The van der Waals surface area contributed by atoms with E-state index >= 15 is 0 Å². The number of hydrogen-bond acceptors (Lipinski definition) is 3. The normalized spacial score (nSPS) is 12.5. The van der Waals surface area contributed by atoms with Crippen molar-refractivity contribution in [1.82, 2.24) is 5.32 Å². The molecule has 22 heavy (non-hydrogen) atoms. The molecule has 1 N–H and O–H groups in total. The van der Waals surface area contributed by atoms with Crippen molar-refractivity contribution in [3.8, 4) is 5.75 Å². The van der Waals surface area contributed by atoms with Gasteiger partial charge in [0.15, 0.2) is 0 Å². The van der Waals surface area contributed by atoms with E-state index in [9.17, 15) is 0 Å². The Hall–Kier alpha value is -1.84. The number of thiophene rings is 1. The van der Waals surface area contributed by atoms with Crippen LogP contribution in [0, 0.1) is 6.92 Å². The lowest BCUT2D eigenvalue weighted by Crippen LogP contribution is -2.16. The summed E-state index contributed by atoms with van der Waals surface area (Å²) in [5.41, 5.74) is 2.53. The first-order valence-corrected chi connectivity index (χ1v) is 8.50. The summed E-state index contributed by atoms with van der Waals surface area (Å²) >= 11 is 1.75. The zero-order chi connectivity index (χ0) is 15.4. The Kier molecular flexibility index (Phi) is 4.76. The lowest BCUT2D eigenvalue weighted by atomic mass is 10.1. The maximum atomic E-state index is 6.40. The van der Waals surface area contributed by atoms with Gasteiger partial charge in [0.2, 0.25) is 0 Å². The second-order valence-electron chi connectivity index (χ2n) is 5.45. The van der Waals surface area contributed by atoms with Crippen LogP contribution < -0.4 is 10.1 Å². The lowest BCUT2D eigenvalue weighted by Gasteiger charge is -2.20. The molecule has 0 saturated heterocycles. The first-order chi connectivity index (χ1) is 10.8. The molecular weight excluding hydrogens is 290 g/mol. The lowest BCUT2D eigenvalue weighted by molar-refractivity contribution is 0.198. The molecule has 3 rings (SSSR count). The van der Waals surface area contributed by atoms with Gasteiger partial charge in [0.25, 0.3) is 0 Å². The van der Waals surface area contributed by atoms with Crippen molar-refractivity contribution in [2.45, 2.75) is 19.4 Å². The van der Waals surface area contributed by atoms with Crippen LogP contribution in [0.5, 0.6) is 5.75 Å². The Bertz CT molecular complexity index is 736. The number of ether oxygens (including phenoxy) is 1. The SMILES string of the molecule is CNCC[C@H](Oc1ccc(C)c2ccsc12)c1ccccc1. The smallest absolute Gasteiger partial charge is 0.138 e. The van der Waals surface area contributed by atoms with Crippen molar-refractivity contribution in [3.63, 3.8) is 0 Å². The fourth-order valence-corrected chi connectivity index (χ4v) is 3.59. The third-order valence-corrected chi connectivity index (χ3v) is 4.82. The summed E-state index contributed by atoms with van der Waals surface area (Å²) < 4.78 is 7.64. The van der Waals surface area contributed by atoms with Crippen LogP contribution in [-0.2, 0) is 0 Å². The molecule has 0 radical (unpaired) electrons. The summed E-state index contributed by atoms with van der Waals surface area (Å²) in [5.74, 6) is 0.987. The highest BCUT2D eigenvalue weighted by atomic mass is 32.1. The number of aryl methyl sites for hydroxylation is 1. The zero-order valence-electron chi connectivity index (χ0n) is 13.0. The standard InChI is InChI=1S/C19H21NOS/c1-14-8-9-18(19-16(14)11-13-22-19)21-17(10-12-20-2)15-6-4-3-5-7-15/h3-9,11,13,17,20H,10,12H2,1-2H3/t17-/m0/s1. The molecule has 0 bridgehead atoms. The Morgan fingerprint density at radius 2 is 1.91 bits per heavy atom. The van der Waals surface area contributed by atoms with Crippen LogP contribution in [0.3, 0.4) is 0 Å². The average molecular weight is 311 g/mol. The van der Waals surface area contributed by atoms with Gasteiger partial charge < -0.3 is 10.1 Å². The molecule has 0 aliphatic carbocycles. The van der Waals surface area contributed by atoms with Gasteiger partial charge in [-0.05, 0) is 54.5 Å². The average Bonchev–Trinajstić information content (AvgIpc) is 3.05. The van der Waals surface area contributed by atoms with Gasteiger partial charge in [0, 0.05) is 6.42 Å². The summed E-state index contributed by atoms with van der Waals surface area (Å²) in [6.07, 6.45) is 1.02. The van der Waals surface area contributed by atoms with E-state index in [2.05, 4.69) is 60.1 Å². The van der Waals surface area contributed by atoms with E-state index in [0.29, 0.717) is 0 Å². The minimum atomic E-state index is 0.0710. The van der Waals surface area contributed by atoms with Gasteiger partial charge in [-0.25, -0.2) is 0 Å². The van der Waals surface area contributed by atoms with Crippen molar-refractivity contribution in [2.24, 2.45) is 0 Å². The van der Waals surface area contributed by atoms with Crippen LogP contribution in [0.25, 0.3) is 10.1 Å². The molecule has 0 aliphatic heterocycles. The van der Waals surface area contributed by atoms with Gasteiger partial charge in [-0.1, -0.05) is 36.4 Å². The highest BCUT2D eigenvalue weighted by Gasteiger charge is 2.15. The van der Waals surface area contributed by atoms with Gasteiger partial charge in [0.1, 0.15) is 11.9 Å². The van der Waals surface area contributed by atoms with Crippen LogP contribution in [0.1, 0.15) is 23.7 Å². The van der Waals surface area contributed by atoms with E-state index < -0.39 is 0 Å². The number of nitrogens with one attached hydrogen (secondary N) is 1. The summed E-state index contributed by atoms with van der Waals surface area (Å²) in [5, 5.41) is 6.65. The van der Waals surface area contributed by atoms with Gasteiger partial charge in [-0.15, -0.1) is 11.3 Å². The van der Waals surface area contributed by atoms with Gasteiger partial charge in [0.05, 0.1) is 4.70 Å². The summed E-state index contributed by atoms with van der Waals surface area (Å²) in [7, 11) is 1.98. The molecule has 3 heteroatoms. The third-order valence-electron chi connectivity index (χ3n) is 3.90. The van der Waals surface area contributed by atoms with Crippen molar-refractivity contribution < 1.29 is 4.74 Å². The molecule has 1 atom stereocenters. The zero-order valence-corrected chi connectivity index (χ0v) is 13.8.